The van der Waals surface area contributed by atoms with E-state index in [0.717, 1.165) is 12.3 Å². The molecule has 2 N–H and O–H groups in total. The Balaban J connectivity index is 2.57. The second kappa shape index (κ2) is 3.85. The Kier molecular flexibility index (Phi) is 2.62. The molecule has 0 atom stereocenters. The number of nitrogens with zero attached hydrogens (tertiary/aromatic N) is 2. The smallest absolute Gasteiger partial charge is 0.175 e. The Bertz CT molecular complexity index is 664. The SMILES string of the molecule is CS(=O)(=O)c1ccc(-n2nccc2N)c(F)c1. The Morgan fingerprint density at radius 1 is 1.35 bits per heavy atom. The lowest BCUT2D eigenvalue weighted by atomic mass is 10.3. The van der Waals surface area contributed by atoms with Gasteiger partial charge in [-0.05, 0) is 18.2 Å². The number of benzene rings is 1. The molecule has 0 aliphatic rings. The molecule has 0 radical (unpaired) electrons. The minimum Gasteiger partial charge on any atom is -0.384 e. The van der Waals surface area contributed by atoms with Crippen LogP contribution in [0.25, 0.3) is 5.69 Å². The molecule has 17 heavy (non-hydrogen) atoms. The highest BCUT2D eigenvalue weighted by Crippen LogP contribution is 2.19. The van der Waals surface area contributed by atoms with Crippen molar-refractivity contribution in [2.45, 2.75) is 4.90 Å². The van der Waals surface area contributed by atoms with Gasteiger partial charge in [-0.2, -0.15) is 5.10 Å². The molecule has 0 unspecified atom stereocenters. The van der Waals surface area contributed by atoms with Gasteiger partial charge in [0, 0.05) is 12.3 Å². The van der Waals surface area contributed by atoms with Gasteiger partial charge in [-0.15, -0.1) is 0 Å². The van der Waals surface area contributed by atoms with E-state index in [-0.39, 0.29) is 16.4 Å². The summed E-state index contributed by atoms with van der Waals surface area (Å²) in [7, 11) is -3.42. The van der Waals surface area contributed by atoms with Crippen LogP contribution in [0, 0.1) is 5.82 Å². The van der Waals surface area contributed by atoms with Gasteiger partial charge in [0.15, 0.2) is 9.84 Å². The lowest BCUT2D eigenvalue weighted by Gasteiger charge is -2.06. The van der Waals surface area contributed by atoms with Gasteiger partial charge in [0.05, 0.1) is 11.1 Å². The van der Waals surface area contributed by atoms with E-state index in [4.69, 9.17) is 5.73 Å². The molecule has 5 nitrogen and oxygen atoms in total. The van der Waals surface area contributed by atoms with Crippen molar-refractivity contribution in [2.75, 3.05) is 12.0 Å². The lowest BCUT2D eigenvalue weighted by molar-refractivity contribution is 0.591. The number of anilines is 1. The van der Waals surface area contributed by atoms with Gasteiger partial charge < -0.3 is 5.73 Å². The molecule has 0 spiro atoms. The summed E-state index contributed by atoms with van der Waals surface area (Å²) >= 11 is 0. The van der Waals surface area contributed by atoms with Crippen LogP contribution in [0.4, 0.5) is 10.2 Å². The first-order chi connectivity index (χ1) is 7.89. The first-order valence-electron chi connectivity index (χ1n) is 4.69. The maximum absolute atomic E-state index is 13.7. The second-order valence-electron chi connectivity index (χ2n) is 3.55. The molecule has 90 valence electrons. The second-order valence-corrected chi connectivity index (χ2v) is 5.57. The largest absolute Gasteiger partial charge is 0.384 e. The monoisotopic (exact) mass is 255 g/mol. The summed E-state index contributed by atoms with van der Waals surface area (Å²) in [6.45, 7) is 0. The molecular formula is C10H10FN3O2S. The summed E-state index contributed by atoms with van der Waals surface area (Å²) in [5.41, 5.74) is 5.69. The van der Waals surface area contributed by atoms with Crippen molar-refractivity contribution >= 4 is 15.7 Å². The molecule has 7 heteroatoms. The van der Waals surface area contributed by atoms with Crippen LogP contribution in [0.2, 0.25) is 0 Å². The molecule has 0 saturated heterocycles. The molecule has 0 bridgehead atoms. The summed E-state index contributed by atoms with van der Waals surface area (Å²) in [6, 6.07) is 5.11. The number of nitrogen functional groups attached to an aromatic ring is 1. The highest BCUT2D eigenvalue weighted by Gasteiger charge is 2.13. The Morgan fingerprint density at radius 2 is 2.06 bits per heavy atom. The topological polar surface area (TPSA) is 78.0 Å². The zero-order chi connectivity index (χ0) is 12.6. The van der Waals surface area contributed by atoms with E-state index >= 15 is 0 Å². The molecule has 2 aromatic rings. The Morgan fingerprint density at radius 3 is 2.53 bits per heavy atom. The summed E-state index contributed by atoms with van der Waals surface area (Å²) in [4.78, 5) is -0.0792. The first-order valence-corrected chi connectivity index (χ1v) is 6.58. The molecule has 1 aromatic heterocycles. The number of nitrogens with two attached hydrogens (primary N) is 1. The van der Waals surface area contributed by atoms with Crippen molar-refractivity contribution in [1.29, 1.82) is 0 Å². The third kappa shape index (κ3) is 2.14. The average Bonchev–Trinajstić information content (AvgIpc) is 2.63. The maximum atomic E-state index is 13.7. The summed E-state index contributed by atoms with van der Waals surface area (Å²) < 4.78 is 37.4. The fourth-order valence-electron chi connectivity index (χ4n) is 1.40. The van der Waals surface area contributed by atoms with Gasteiger partial charge in [0.25, 0.3) is 0 Å². The van der Waals surface area contributed by atoms with Crippen LogP contribution in [-0.2, 0) is 9.84 Å². The van der Waals surface area contributed by atoms with E-state index < -0.39 is 15.7 Å². The fourth-order valence-corrected chi connectivity index (χ4v) is 2.04. The molecule has 1 aromatic carbocycles. The molecule has 0 saturated carbocycles. The maximum Gasteiger partial charge on any atom is 0.175 e. The van der Waals surface area contributed by atoms with E-state index in [1.165, 1.54) is 29.1 Å². The molecule has 0 aliphatic heterocycles. The third-order valence-corrected chi connectivity index (χ3v) is 3.36. The van der Waals surface area contributed by atoms with Gasteiger partial charge in [0.1, 0.15) is 17.3 Å². The van der Waals surface area contributed by atoms with E-state index in [2.05, 4.69) is 5.10 Å². The van der Waals surface area contributed by atoms with Gasteiger partial charge in [0.2, 0.25) is 0 Å². The van der Waals surface area contributed by atoms with Crippen LogP contribution in [0.1, 0.15) is 0 Å². The van der Waals surface area contributed by atoms with Crippen LogP contribution in [0.3, 0.4) is 0 Å². The zero-order valence-corrected chi connectivity index (χ0v) is 9.78. The van der Waals surface area contributed by atoms with Crippen LogP contribution in [0.5, 0.6) is 0 Å². The quantitative estimate of drug-likeness (QED) is 0.868. The summed E-state index contributed by atoms with van der Waals surface area (Å²) in [5, 5.41) is 3.84. The number of sulfone groups is 1. The summed E-state index contributed by atoms with van der Waals surface area (Å²) in [5.74, 6) is -0.417. The normalized spacial score (nSPS) is 11.6. The van der Waals surface area contributed by atoms with Gasteiger partial charge in [-0.3, -0.25) is 0 Å². The van der Waals surface area contributed by atoms with E-state index in [1.807, 2.05) is 0 Å². The van der Waals surface area contributed by atoms with Crippen LogP contribution >= 0.6 is 0 Å². The van der Waals surface area contributed by atoms with Gasteiger partial charge >= 0.3 is 0 Å². The standard InChI is InChI=1S/C10H10FN3O2S/c1-17(15,16)7-2-3-9(8(11)6-7)14-10(12)4-5-13-14/h2-6H,12H2,1H3. The van der Waals surface area contributed by atoms with Crippen molar-refractivity contribution in [3.05, 3.63) is 36.3 Å². The molecule has 0 amide bonds. The number of hydrogen-bond acceptors (Lipinski definition) is 4. The van der Waals surface area contributed by atoms with Crippen molar-refractivity contribution in [3.63, 3.8) is 0 Å². The average molecular weight is 255 g/mol. The van der Waals surface area contributed by atoms with Crippen molar-refractivity contribution in [1.82, 2.24) is 9.78 Å². The minimum atomic E-state index is -3.42. The molecular weight excluding hydrogens is 245 g/mol. The van der Waals surface area contributed by atoms with E-state index in [9.17, 15) is 12.8 Å². The molecule has 1 heterocycles. The first kappa shape index (κ1) is 11.6. The number of hydrogen-bond donors (Lipinski definition) is 1. The van der Waals surface area contributed by atoms with Crippen LogP contribution < -0.4 is 5.73 Å². The third-order valence-electron chi connectivity index (χ3n) is 2.25. The molecule has 0 fully saturated rings. The van der Waals surface area contributed by atoms with Gasteiger partial charge in [-0.25, -0.2) is 17.5 Å². The van der Waals surface area contributed by atoms with Crippen molar-refractivity contribution < 1.29 is 12.8 Å². The zero-order valence-electron chi connectivity index (χ0n) is 8.96. The lowest BCUT2D eigenvalue weighted by Crippen LogP contribution is -2.05. The van der Waals surface area contributed by atoms with Crippen molar-refractivity contribution in [3.8, 4) is 5.69 Å². The Hall–Kier alpha value is -1.89. The van der Waals surface area contributed by atoms with Crippen LogP contribution in [0.15, 0.2) is 35.4 Å². The summed E-state index contributed by atoms with van der Waals surface area (Å²) in [6.07, 6.45) is 2.45. The molecule has 0 aliphatic carbocycles. The highest BCUT2D eigenvalue weighted by molar-refractivity contribution is 7.90. The predicted octanol–water partition coefficient (Wildman–Crippen LogP) is 0.997. The van der Waals surface area contributed by atoms with Crippen molar-refractivity contribution in [2.24, 2.45) is 0 Å². The number of rotatable bonds is 2. The Labute approximate surface area is 97.6 Å². The van der Waals surface area contributed by atoms with E-state index in [0.29, 0.717) is 0 Å². The van der Waals surface area contributed by atoms with E-state index in [1.54, 1.807) is 0 Å². The van der Waals surface area contributed by atoms with Crippen LogP contribution in [-0.4, -0.2) is 24.5 Å². The highest BCUT2D eigenvalue weighted by atomic mass is 32.2. The number of halogens is 1. The predicted molar refractivity (Wildman–Crippen MR) is 61.0 cm³/mol. The number of aromatic nitrogens is 2. The van der Waals surface area contributed by atoms with Gasteiger partial charge in [-0.1, -0.05) is 0 Å². The molecule has 2 rings (SSSR count). The fraction of sp³-hybridized carbons (Fsp3) is 0.100. The minimum absolute atomic E-state index is 0.0792.